The monoisotopic (exact) mass is 378 g/mol. The number of nitrogens with one attached hydrogen (secondary N) is 1. The van der Waals surface area contributed by atoms with Crippen LogP contribution in [0.5, 0.6) is 0 Å². The molecule has 2 aromatic carbocycles. The quantitative estimate of drug-likeness (QED) is 0.663. The van der Waals surface area contributed by atoms with E-state index in [0.29, 0.717) is 6.42 Å². The minimum Gasteiger partial charge on any atom is -0.288 e. The van der Waals surface area contributed by atoms with Crippen molar-refractivity contribution in [2.24, 2.45) is 0 Å². The van der Waals surface area contributed by atoms with Crippen LogP contribution in [0.2, 0.25) is 0 Å². The highest BCUT2D eigenvalue weighted by molar-refractivity contribution is 5.87. The summed E-state index contributed by atoms with van der Waals surface area (Å²) >= 11 is 0. The van der Waals surface area contributed by atoms with Gasteiger partial charge in [-0.05, 0) is 34.7 Å². The number of carbonyl (C=O) groups is 1. The van der Waals surface area contributed by atoms with Crippen LogP contribution < -0.4 is 5.43 Å². The van der Waals surface area contributed by atoms with E-state index in [4.69, 9.17) is 0 Å². The Kier molecular flexibility index (Phi) is 6.05. The molecule has 1 aliphatic rings. The number of fused-ring (bicyclic) bond motifs is 1. The predicted octanol–water partition coefficient (Wildman–Crippen LogP) is 5.30. The first-order valence-corrected chi connectivity index (χ1v) is 9.55. The molecule has 0 radical (unpaired) electrons. The van der Waals surface area contributed by atoms with E-state index in [1.165, 1.54) is 0 Å². The molecule has 0 spiro atoms. The lowest BCUT2D eigenvalue weighted by Gasteiger charge is -2.31. The lowest BCUT2D eigenvalue weighted by molar-refractivity contribution is -0.191. The predicted molar refractivity (Wildman–Crippen MR) is 100 cm³/mol. The average molecular weight is 378 g/mol. The van der Waals surface area contributed by atoms with Gasteiger partial charge in [0.25, 0.3) is 0 Å². The Balaban J connectivity index is 2.05. The van der Waals surface area contributed by atoms with Crippen molar-refractivity contribution in [1.82, 2.24) is 10.4 Å². The normalized spacial score (nSPS) is 16.7. The Morgan fingerprint density at radius 2 is 1.89 bits per heavy atom. The van der Waals surface area contributed by atoms with Crippen LogP contribution in [0, 0.1) is 0 Å². The number of benzene rings is 2. The van der Waals surface area contributed by atoms with E-state index >= 15 is 0 Å². The number of hydrogen-bond donors (Lipinski definition) is 1. The number of alkyl halides is 3. The molecule has 3 nitrogen and oxygen atoms in total. The van der Waals surface area contributed by atoms with Gasteiger partial charge in [0.15, 0.2) is 0 Å². The highest BCUT2D eigenvalue weighted by Gasteiger charge is 2.47. The molecule has 1 fully saturated rings. The third kappa shape index (κ3) is 4.43. The summed E-state index contributed by atoms with van der Waals surface area (Å²) in [4.78, 5) is 11.5. The first-order chi connectivity index (χ1) is 12.9. The zero-order chi connectivity index (χ0) is 19.4. The summed E-state index contributed by atoms with van der Waals surface area (Å²) in [6, 6.07) is 9.08. The summed E-state index contributed by atoms with van der Waals surface area (Å²) in [5.41, 5.74) is 3.38. The highest BCUT2D eigenvalue weighted by Crippen LogP contribution is 2.41. The maximum absolute atomic E-state index is 14.0. The molecule has 1 atom stereocenters. The van der Waals surface area contributed by atoms with Crippen LogP contribution in [0.25, 0.3) is 10.8 Å². The molecule has 0 aliphatic carbocycles. The third-order valence-corrected chi connectivity index (χ3v) is 5.12. The van der Waals surface area contributed by atoms with E-state index in [9.17, 15) is 18.0 Å². The van der Waals surface area contributed by atoms with Crippen molar-refractivity contribution in [3.8, 4) is 0 Å². The van der Waals surface area contributed by atoms with Crippen LogP contribution >= 0.6 is 0 Å². The van der Waals surface area contributed by atoms with Crippen LogP contribution in [-0.4, -0.2) is 23.6 Å². The molecule has 0 saturated carbocycles. The molecule has 1 N–H and O–H groups in total. The lowest BCUT2D eigenvalue weighted by Crippen LogP contribution is -2.44. The van der Waals surface area contributed by atoms with Crippen molar-refractivity contribution in [3.05, 3.63) is 47.5 Å². The minimum atomic E-state index is -4.47. The largest absolute Gasteiger partial charge is 0.409 e. The molecule has 1 saturated heterocycles. The summed E-state index contributed by atoms with van der Waals surface area (Å²) in [5.74, 6) is -0.366. The van der Waals surface area contributed by atoms with Crippen LogP contribution in [0.4, 0.5) is 13.2 Å². The number of nitrogens with zero attached hydrogens (tertiary/aromatic N) is 1. The molecule has 3 rings (SSSR count). The molecule has 1 unspecified atom stereocenters. The number of aryl methyl sites for hydroxylation is 1. The van der Waals surface area contributed by atoms with Crippen LogP contribution in [0.1, 0.15) is 56.2 Å². The van der Waals surface area contributed by atoms with Crippen molar-refractivity contribution in [2.75, 3.05) is 6.54 Å². The van der Waals surface area contributed by atoms with Gasteiger partial charge in [-0.1, -0.05) is 62.6 Å². The fraction of sp³-hybridized carbons (Fsp3) is 0.476. The Bertz CT molecular complexity index is 804. The topological polar surface area (TPSA) is 32.3 Å². The van der Waals surface area contributed by atoms with Crippen molar-refractivity contribution in [3.63, 3.8) is 0 Å². The van der Waals surface area contributed by atoms with E-state index in [-0.39, 0.29) is 24.4 Å². The molecule has 0 bridgehead atoms. The van der Waals surface area contributed by atoms with E-state index < -0.39 is 12.2 Å². The molecular weight excluding hydrogens is 353 g/mol. The minimum absolute atomic E-state index is 0.0606. The molecule has 1 amide bonds. The summed E-state index contributed by atoms with van der Waals surface area (Å²) in [6.45, 7) is 2.17. The highest BCUT2D eigenvalue weighted by atomic mass is 19.4. The summed E-state index contributed by atoms with van der Waals surface area (Å²) < 4.78 is 42.0. The zero-order valence-corrected chi connectivity index (χ0v) is 15.5. The fourth-order valence-corrected chi connectivity index (χ4v) is 3.83. The molecule has 146 valence electrons. The third-order valence-electron chi connectivity index (χ3n) is 5.12. The summed E-state index contributed by atoms with van der Waals surface area (Å²) in [6.07, 6.45) is 0.218. The number of rotatable bonds is 7. The van der Waals surface area contributed by atoms with Crippen molar-refractivity contribution in [2.45, 2.75) is 57.7 Å². The molecule has 1 heterocycles. The van der Waals surface area contributed by atoms with Crippen molar-refractivity contribution in [1.29, 1.82) is 0 Å². The van der Waals surface area contributed by atoms with Gasteiger partial charge in [0.1, 0.15) is 6.04 Å². The molecular formula is C21H25F3N2O. The van der Waals surface area contributed by atoms with Gasteiger partial charge in [0.05, 0.1) is 0 Å². The number of amides is 1. The average Bonchev–Trinajstić information content (AvgIpc) is 3.04. The van der Waals surface area contributed by atoms with Crippen LogP contribution in [0.3, 0.4) is 0 Å². The molecule has 6 heteroatoms. The standard InChI is InChI=1S/C21H25F3N2O/c1-2-3-4-5-10-17-16-9-7-6-8-15(16)11-12-18(17)20(21(22,23)24)26-14-13-19(27)25-26/h6-9,11-12,20H,2-5,10,13-14H2,1H3,(H,25,27). The Hall–Kier alpha value is -2.08. The van der Waals surface area contributed by atoms with Gasteiger partial charge in [0, 0.05) is 13.0 Å². The first kappa shape index (κ1) is 19.7. The second-order valence-electron chi connectivity index (χ2n) is 7.09. The van der Waals surface area contributed by atoms with Gasteiger partial charge >= 0.3 is 6.18 Å². The van der Waals surface area contributed by atoms with Gasteiger partial charge in [-0.15, -0.1) is 0 Å². The fourth-order valence-electron chi connectivity index (χ4n) is 3.83. The Morgan fingerprint density at radius 1 is 1.11 bits per heavy atom. The zero-order valence-electron chi connectivity index (χ0n) is 15.5. The molecule has 27 heavy (non-hydrogen) atoms. The van der Waals surface area contributed by atoms with Crippen molar-refractivity contribution >= 4 is 16.7 Å². The second-order valence-corrected chi connectivity index (χ2v) is 7.09. The SMILES string of the molecule is CCCCCCc1c(C(N2CCC(=O)N2)C(F)(F)F)ccc2ccccc12. The van der Waals surface area contributed by atoms with Gasteiger partial charge < -0.3 is 0 Å². The van der Waals surface area contributed by atoms with Gasteiger partial charge in [-0.25, -0.2) is 5.01 Å². The second kappa shape index (κ2) is 8.30. The van der Waals surface area contributed by atoms with Gasteiger partial charge in [0.2, 0.25) is 5.91 Å². The number of halogens is 3. The smallest absolute Gasteiger partial charge is 0.288 e. The molecule has 0 aromatic heterocycles. The van der Waals surface area contributed by atoms with E-state index in [0.717, 1.165) is 47.0 Å². The van der Waals surface area contributed by atoms with E-state index in [2.05, 4.69) is 12.3 Å². The number of hydrogen-bond acceptors (Lipinski definition) is 2. The molecule has 2 aromatic rings. The number of unbranched alkanes of at least 4 members (excludes halogenated alkanes) is 3. The molecule has 1 aliphatic heterocycles. The maximum Gasteiger partial charge on any atom is 0.409 e. The Morgan fingerprint density at radius 3 is 2.56 bits per heavy atom. The van der Waals surface area contributed by atoms with Gasteiger partial charge in [-0.3, -0.25) is 10.2 Å². The number of hydrazine groups is 1. The summed E-state index contributed by atoms with van der Waals surface area (Å²) in [5, 5.41) is 2.85. The maximum atomic E-state index is 14.0. The van der Waals surface area contributed by atoms with Gasteiger partial charge in [-0.2, -0.15) is 13.2 Å². The summed E-state index contributed by atoms with van der Waals surface area (Å²) in [7, 11) is 0. The van der Waals surface area contributed by atoms with E-state index in [1.807, 2.05) is 24.3 Å². The van der Waals surface area contributed by atoms with Crippen molar-refractivity contribution < 1.29 is 18.0 Å². The number of carbonyl (C=O) groups excluding carboxylic acids is 1. The Labute approximate surface area is 157 Å². The lowest BCUT2D eigenvalue weighted by atomic mass is 9.90. The van der Waals surface area contributed by atoms with E-state index in [1.54, 1.807) is 12.1 Å². The van der Waals surface area contributed by atoms with Crippen LogP contribution in [0.15, 0.2) is 36.4 Å². The first-order valence-electron chi connectivity index (χ1n) is 9.55. The van der Waals surface area contributed by atoms with Crippen LogP contribution in [-0.2, 0) is 11.2 Å².